The van der Waals surface area contributed by atoms with Crippen LogP contribution in [0.1, 0.15) is 31.1 Å². The molecule has 1 N–H and O–H groups in total. The van der Waals surface area contributed by atoms with Crippen molar-refractivity contribution in [1.29, 1.82) is 0 Å². The average molecular weight is 436 g/mol. The molecule has 1 fully saturated rings. The number of likely N-dealkylation sites (tertiary alicyclic amines) is 1. The number of benzene rings is 1. The highest BCUT2D eigenvalue weighted by atomic mass is 16.5. The molecule has 1 aromatic carbocycles. The summed E-state index contributed by atoms with van der Waals surface area (Å²) >= 11 is 0. The van der Waals surface area contributed by atoms with Gasteiger partial charge >= 0.3 is 0 Å². The summed E-state index contributed by atoms with van der Waals surface area (Å²) in [6.45, 7) is 10.8. The Bertz CT molecular complexity index is 982. The third-order valence-electron chi connectivity index (χ3n) is 5.56. The van der Waals surface area contributed by atoms with Gasteiger partial charge in [0.1, 0.15) is 24.2 Å². The lowest BCUT2D eigenvalue weighted by Gasteiger charge is -2.27. The standard InChI is InChI=1S/C25H29N3O4/c1-4-17-32-19-12-10-18(11-13-19)23(29)21-22(20-9-7-8-14-26-20)28(25(31)24(21)30)16-15-27(5-2)6-3/h4,7-14,22,29H,1,5-6,15-17H2,2-3H3/t22-/m0/s1. The minimum absolute atomic E-state index is 0.0491. The van der Waals surface area contributed by atoms with Crippen molar-refractivity contribution in [1.82, 2.24) is 14.8 Å². The molecule has 1 aliphatic heterocycles. The van der Waals surface area contributed by atoms with E-state index in [1.54, 1.807) is 54.7 Å². The van der Waals surface area contributed by atoms with E-state index in [-0.39, 0.29) is 11.3 Å². The Hall–Kier alpha value is -3.45. The highest BCUT2D eigenvalue weighted by Crippen LogP contribution is 2.38. The number of pyridine rings is 1. The molecule has 2 heterocycles. The number of amides is 1. The van der Waals surface area contributed by atoms with Gasteiger partial charge in [0, 0.05) is 24.8 Å². The van der Waals surface area contributed by atoms with E-state index in [0.717, 1.165) is 13.1 Å². The number of ether oxygens (including phenoxy) is 1. The largest absolute Gasteiger partial charge is 0.507 e. The number of nitrogens with zero attached hydrogens (tertiary/aromatic N) is 3. The summed E-state index contributed by atoms with van der Waals surface area (Å²) in [6.07, 6.45) is 3.26. The summed E-state index contributed by atoms with van der Waals surface area (Å²) in [5.74, 6) is -0.938. The summed E-state index contributed by atoms with van der Waals surface area (Å²) in [4.78, 5) is 34.0. The Balaban J connectivity index is 2.00. The normalized spacial score (nSPS) is 17.7. The number of aliphatic hydroxyl groups is 1. The van der Waals surface area contributed by atoms with Gasteiger partial charge < -0.3 is 19.6 Å². The molecule has 7 nitrogen and oxygen atoms in total. The smallest absolute Gasteiger partial charge is 0.295 e. The van der Waals surface area contributed by atoms with E-state index in [1.165, 1.54) is 4.90 Å². The summed E-state index contributed by atoms with van der Waals surface area (Å²) in [5.41, 5.74) is 1.02. The molecule has 32 heavy (non-hydrogen) atoms. The molecule has 3 rings (SSSR count). The molecule has 168 valence electrons. The first-order chi connectivity index (χ1) is 15.5. The Kier molecular flexibility index (Phi) is 7.78. The molecular formula is C25H29N3O4. The molecule has 0 unspecified atom stereocenters. The number of likely N-dealkylation sites (N-methyl/N-ethyl adjacent to an activating group) is 1. The van der Waals surface area contributed by atoms with Gasteiger partial charge in [-0.2, -0.15) is 0 Å². The first-order valence-corrected chi connectivity index (χ1v) is 10.8. The lowest BCUT2D eigenvalue weighted by molar-refractivity contribution is -0.140. The van der Waals surface area contributed by atoms with Gasteiger partial charge in [0.15, 0.2) is 0 Å². The zero-order valence-corrected chi connectivity index (χ0v) is 18.5. The predicted octanol–water partition coefficient (Wildman–Crippen LogP) is 3.41. The fraction of sp³-hybridized carbons (Fsp3) is 0.320. The lowest BCUT2D eigenvalue weighted by atomic mass is 9.98. The summed E-state index contributed by atoms with van der Waals surface area (Å²) < 4.78 is 5.48. The fourth-order valence-corrected chi connectivity index (χ4v) is 3.76. The number of hydrogen-bond acceptors (Lipinski definition) is 6. The SMILES string of the molecule is C=CCOc1ccc(C(O)=C2C(=O)C(=O)N(CCN(CC)CC)[C@H]2c2ccccn2)cc1. The van der Waals surface area contributed by atoms with Crippen molar-refractivity contribution < 1.29 is 19.4 Å². The number of hydrogen-bond donors (Lipinski definition) is 1. The molecular weight excluding hydrogens is 406 g/mol. The van der Waals surface area contributed by atoms with E-state index in [1.807, 2.05) is 0 Å². The van der Waals surface area contributed by atoms with Crippen LogP contribution in [0.2, 0.25) is 0 Å². The van der Waals surface area contributed by atoms with Gasteiger partial charge in [-0.25, -0.2) is 0 Å². The number of Topliss-reactive ketones (excluding diaryl/α,β-unsaturated/α-hetero) is 1. The quantitative estimate of drug-likeness (QED) is 0.267. The van der Waals surface area contributed by atoms with Gasteiger partial charge in [0.2, 0.25) is 0 Å². The van der Waals surface area contributed by atoms with Crippen molar-refractivity contribution in [2.24, 2.45) is 0 Å². The lowest BCUT2D eigenvalue weighted by Crippen LogP contribution is -2.38. The number of carbonyl (C=O) groups excluding carboxylic acids is 2. The number of aromatic nitrogens is 1. The molecule has 0 radical (unpaired) electrons. The molecule has 1 saturated heterocycles. The van der Waals surface area contributed by atoms with Crippen LogP contribution in [0.4, 0.5) is 0 Å². The number of ketones is 1. The van der Waals surface area contributed by atoms with Gasteiger partial charge in [-0.05, 0) is 49.5 Å². The van der Waals surface area contributed by atoms with Crippen molar-refractivity contribution in [2.45, 2.75) is 19.9 Å². The van der Waals surface area contributed by atoms with Gasteiger partial charge in [0.05, 0.1) is 11.3 Å². The molecule has 1 atom stereocenters. The molecule has 0 saturated carbocycles. The fourth-order valence-electron chi connectivity index (χ4n) is 3.76. The second-order valence-electron chi connectivity index (χ2n) is 7.40. The summed E-state index contributed by atoms with van der Waals surface area (Å²) in [5, 5.41) is 11.1. The van der Waals surface area contributed by atoms with Gasteiger partial charge in [-0.15, -0.1) is 0 Å². The van der Waals surface area contributed by atoms with Crippen LogP contribution in [0.15, 0.2) is 66.9 Å². The maximum atomic E-state index is 13.0. The number of rotatable bonds is 10. The summed E-state index contributed by atoms with van der Waals surface area (Å²) in [7, 11) is 0. The number of aliphatic hydroxyl groups excluding tert-OH is 1. The molecule has 0 spiro atoms. The molecule has 1 aliphatic rings. The monoisotopic (exact) mass is 435 g/mol. The van der Waals surface area contributed by atoms with Gasteiger partial charge in [-0.1, -0.05) is 32.6 Å². The molecule has 7 heteroatoms. The second-order valence-corrected chi connectivity index (χ2v) is 7.40. The van der Waals surface area contributed by atoms with Crippen molar-refractivity contribution in [2.75, 3.05) is 32.8 Å². The van der Waals surface area contributed by atoms with Gasteiger partial charge in [-0.3, -0.25) is 14.6 Å². The third kappa shape index (κ3) is 4.89. The maximum Gasteiger partial charge on any atom is 0.295 e. The second kappa shape index (κ2) is 10.7. The van der Waals surface area contributed by atoms with Crippen LogP contribution in [-0.4, -0.2) is 64.4 Å². The Morgan fingerprint density at radius 1 is 1.19 bits per heavy atom. The van der Waals surface area contributed by atoms with Crippen molar-refractivity contribution >= 4 is 17.4 Å². The van der Waals surface area contributed by atoms with Crippen molar-refractivity contribution in [3.05, 3.63) is 78.1 Å². The van der Waals surface area contributed by atoms with E-state index < -0.39 is 17.7 Å². The predicted molar refractivity (Wildman–Crippen MR) is 123 cm³/mol. The van der Waals surface area contributed by atoms with Crippen LogP contribution in [0, 0.1) is 0 Å². The van der Waals surface area contributed by atoms with Gasteiger partial charge in [0.25, 0.3) is 11.7 Å². The minimum atomic E-state index is -0.747. The topological polar surface area (TPSA) is 83.0 Å². The first-order valence-electron chi connectivity index (χ1n) is 10.8. The molecule has 2 aromatic rings. The molecule has 0 aliphatic carbocycles. The van der Waals surface area contributed by atoms with E-state index >= 15 is 0 Å². The zero-order valence-electron chi connectivity index (χ0n) is 18.5. The average Bonchev–Trinajstić information content (AvgIpc) is 3.08. The van der Waals surface area contributed by atoms with E-state index in [0.29, 0.717) is 36.7 Å². The molecule has 0 bridgehead atoms. The summed E-state index contributed by atoms with van der Waals surface area (Å²) in [6, 6.07) is 11.3. The Morgan fingerprint density at radius 3 is 2.50 bits per heavy atom. The van der Waals surface area contributed by atoms with Crippen LogP contribution in [-0.2, 0) is 9.59 Å². The number of carbonyl (C=O) groups is 2. The van der Waals surface area contributed by atoms with Crippen LogP contribution >= 0.6 is 0 Å². The first kappa shape index (κ1) is 23.2. The molecule has 1 amide bonds. The molecule has 1 aromatic heterocycles. The van der Waals surface area contributed by atoms with Crippen LogP contribution in [0.5, 0.6) is 5.75 Å². The minimum Gasteiger partial charge on any atom is -0.507 e. The highest BCUT2D eigenvalue weighted by molar-refractivity contribution is 6.46. The van der Waals surface area contributed by atoms with E-state index in [2.05, 4.69) is 30.3 Å². The van der Waals surface area contributed by atoms with E-state index in [9.17, 15) is 14.7 Å². The maximum absolute atomic E-state index is 13.0. The van der Waals surface area contributed by atoms with Crippen molar-refractivity contribution in [3.8, 4) is 5.75 Å². The van der Waals surface area contributed by atoms with E-state index in [4.69, 9.17) is 4.74 Å². The van der Waals surface area contributed by atoms with Crippen LogP contribution in [0.3, 0.4) is 0 Å². The zero-order chi connectivity index (χ0) is 23.1. The Morgan fingerprint density at radius 2 is 1.91 bits per heavy atom. The van der Waals surface area contributed by atoms with Crippen LogP contribution in [0.25, 0.3) is 5.76 Å². The highest BCUT2D eigenvalue weighted by Gasteiger charge is 2.46. The van der Waals surface area contributed by atoms with Crippen LogP contribution < -0.4 is 4.74 Å². The third-order valence-corrected chi connectivity index (χ3v) is 5.56. The Labute approximate surface area is 188 Å². The van der Waals surface area contributed by atoms with Crippen molar-refractivity contribution in [3.63, 3.8) is 0 Å².